The monoisotopic (exact) mass is 377 g/mol. The normalized spacial score (nSPS) is 16.3. The lowest BCUT2D eigenvalue weighted by atomic mass is 10.0. The van der Waals surface area contributed by atoms with Gasteiger partial charge in [-0.1, -0.05) is 11.8 Å². The molecule has 1 aliphatic heterocycles. The minimum absolute atomic E-state index is 0.103. The molecular formula is C18H23N3O4S. The molecule has 1 aromatic heterocycles. The van der Waals surface area contributed by atoms with Crippen molar-refractivity contribution in [3.63, 3.8) is 0 Å². The molecule has 0 unspecified atom stereocenters. The molecule has 7 nitrogen and oxygen atoms in total. The summed E-state index contributed by atoms with van der Waals surface area (Å²) in [5.74, 6) is 2.33. The molecule has 0 amide bonds. The highest BCUT2D eigenvalue weighted by Gasteiger charge is 2.32. The number of thioether (sulfide) groups is 1. The van der Waals surface area contributed by atoms with Crippen LogP contribution in [0.2, 0.25) is 0 Å². The molecule has 0 spiro atoms. The number of fused-ring (bicyclic) bond motifs is 1. The van der Waals surface area contributed by atoms with Gasteiger partial charge in [0.15, 0.2) is 17.3 Å². The second-order valence-corrected chi connectivity index (χ2v) is 7.53. The molecule has 0 fully saturated rings. The van der Waals surface area contributed by atoms with E-state index in [2.05, 4.69) is 10.1 Å². The van der Waals surface area contributed by atoms with Crippen LogP contribution in [0.5, 0.6) is 17.2 Å². The molecule has 3 rings (SSSR count). The highest BCUT2D eigenvalue weighted by atomic mass is 32.2. The van der Waals surface area contributed by atoms with E-state index in [-0.39, 0.29) is 16.9 Å². The maximum atomic E-state index is 12.7. The number of benzene rings is 1. The van der Waals surface area contributed by atoms with E-state index in [0.29, 0.717) is 28.6 Å². The summed E-state index contributed by atoms with van der Waals surface area (Å²) in [5.41, 5.74) is 1.41. The Hall–Kier alpha value is -2.35. The first-order chi connectivity index (χ1) is 12.4. The van der Waals surface area contributed by atoms with Crippen molar-refractivity contribution in [1.82, 2.24) is 9.78 Å². The van der Waals surface area contributed by atoms with Crippen LogP contribution in [0.25, 0.3) is 0 Å². The second-order valence-electron chi connectivity index (χ2n) is 6.23. The van der Waals surface area contributed by atoms with Gasteiger partial charge in [0.05, 0.1) is 37.2 Å². The molecule has 8 heteroatoms. The zero-order chi connectivity index (χ0) is 19.0. The lowest BCUT2D eigenvalue weighted by molar-refractivity contribution is 0.324. The number of hydrogen-bond acceptors (Lipinski definition) is 6. The summed E-state index contributed by atoms with van der Waals surface area (Å²) < 4.78 is 18.1. The van der Waals surface area contributed by atoms with Crippen LogP contribution in [0.3, 0.4) is 0 Å². The van der Waals surface area contributed by atoms with Crippen molar-refractivity contribution in [3.05, 3.63) is 33.6 Å². The fraction of sp³-hybridized carbons (Fsp3) is 0.444. The van der Waals surface area contributed by atoms with Gasteiger partial charge in [-0.05, 0) is 38.5 Å². The van der Waals surface area contributed by atoms with Gasteiger partial charge in [0.25, 0.3) is 5.56 Å². The molecule has 1 aromatic carbocycles. The summed E-state index contributed by atoms with van der Waals surface area (Å²) in [5, 5.41) is 3.59. The number of rotatable bonds is 5. The maximum Gasteiger partial charge on any atom is 0.271 e. The molecule has 26 heavy (non-hydrogen) atoms. The fourth-order valence-corrected chi connectivity index (χ4v) is 4.15. The van der Waals surface area contributed by atoms with Crippen LogP contribution < -0.4 is 19.8 Å². The number of aliphatic imine (C=N–C) groups is 1. The van der Waals surface area contributed by atoms with E-state index in [1.165, 1.54) is 11.8 Å². The Balaban J connectivity index is 2.21. The SMILES string of the molecule is COc1cc([C@H]2SC(C)=Nc3c2c(=O)[nH]n3C(C)C)cc(OC)c1OC. The molecule has 1 atom stereocenters. The molecule has 0 saturated carbocycles. The summed E-state index contributed by atoms with van der Waals surface area (Å²) in [6, 6.07) is 3.87. The Kier molecular flexibility index (Phi) is 5.04. The lowest BCUT2D eigenvalue weighted by Crippen LogP contribution is -2.14. The van der Waals surface area contributed by atoms with Crippen molar-refractivity contribution in [2.45, 2.75) is 32.1 Å². The number of aromatic amines is 1. The topological polar surface area (TPSA) is 77.8 Å². The highest BCUT2D eigenvalue weighted by molar-refractivity contribution is 8.14. The number of nitrogens with one attached hydrogen (secondary N) is 1. The summed E-state index contributed by atoms with van der Waals surface area (Å²) in [6.45, 7) is 5.97. The van der Waals surface area contributed by atoms with Gasteiger partial charge in [-0.15, -0.1) is 0 Å². The molecule has 2 heterocycles. The Labute approximate surface area is 156 Å². The number of nitrogens with zero attached hydrogens (tertiary/aromatic N) is 2. The maximum absolute atomic E-state index is 12.7. The van der Waals surface area contributed by atoms with Crippen molar-refractivity contribution >= 4 is 22.6 Å². The Morgan fingerprint density at radius 1 is 1.15 bits per heavy atom. The van der Waals surface area contributed by atoms with Crippen molar-refractivity contribution in [2.75, 3.05) is 21.3 Å². The summed E-state index contributed by atoms with van der Waals surface area (Å²) in [6.07, 6.45) is 0. The Morgan fingerprint density at radius 3 is 2.27 bits per heavy atom. The van der Waals surface area contributed by atoms with Crippen LogP contribution in [0.1, 0.15) is 43.2 Å². The zero-order valence-corrected chi connectivity index (χ0v) is 16.6. The van der Waals surface area contributed by atoms with Crippen molar-refractivity contribution < 1.29 is 14.2 Å². The third-order valence-corrected chi connectivity index (χ3v) is 5.43. The predicted octanol–water partition coefficient (Wildman–Crippen LogP) is 3.67. The van der Waals surface area contributed by atoms with E-state index in [4.69, 9.17) is 14.2 Å². The van der Waals surface area contributed by atoms with Gasteiger partial charge >= 0.3 is 0 Å². The van der Waals surface area contributed by atoms with Crippen LogP contribution in [0, 0.1) is 0 Å². The largest absolute Gasteiger partial charge is 0.493 e. The van der Waals surface area contributed by atoms with Crippen molar-refractivity contribution in [3.8, 4) is 17.2 Å². The van der Waals surface area contributed by atoms with Crippen LogP contribution in [-0.2, 0) is 0 Å². The first-order valence-electron chi connectivity index (χ1n) is 8.27. The van der Waals surface area contributed by atoms with Crippen LogP contribution in [-0.4, -0.2) is 36.2 Å². The first-order valence-corrected chi connectivity index (χ1v) is 9.15. The van der Waals surface area contributed by atoms with E-state index in [0.717, 1.165) is 10.6 Å². The average Bonchev–Trinajstić information content (AvgIpc) is 2.96. The summed E-state index contributed by atoms with van der Waals surface area (Å²) in [4.78, 5) is 17.3. The molecule has 0 bridgehead atoms. The minimum atomic E-state index is -0.208. The summed E-state index contributed by atoms with van der Waals surface area (Å²) in [7, 11) is 4.72. The number of aromatic nitrogens is 2. The smallest absolute Gasteiger partial charge is 0.271 e. The van der Waals surface area contributed by atoms with Gasteiger partial charge < -0.3 is 14.2 Å². The predicted molar refractivity (Wildman–Crippen MR) is 104 cm³/mol. The van der Waals surface area contributed by atoms with Gasteiger partial charge in [0, 0.05) is 6.04 Å². The standard InChI is InChI=1S/C18H23N3O4S/c1-9(2)21-17-14(18(22)20-21)16(26-10(3)19-17)11-7-12(23-4)15(25-6)13(8-11)24-5/h7-9,16H,1-6H3,(H,20,22)/t16-/m1/s1. The molecule has 1 aliphatic rings. The number of methoxy groups -OCH3 is 3. The second kappa shape index (κ2) is 7.11. The van der Waals surface area contributed by atoms with E-state index in [1.807, 2.05) is 37.6 Å². The van der Waals surface area contributed by atoms with Crippen LogP contribution >= 0.6 is 11.8 Å². The third-order valence-electron chi connectivity index (χ3n) is 4.26. The molecule has 0 saturated heterocycles. The number of hydrogen-bond donors (Lipinski definition) is 1. The molecule has 1 N–H and O–H groups in total. The zero-order valence-electron chi connectivity index (χ0n) is 15.7. The molecule has 0 radical (unpaired) electrons. The van der Waals surface area contributed by atoms with E-state index >= 15 is 0 Å². The van der Waals surface area contributed by atoms with Gasteiger partial charge in [-0.3, -0.25) is 14.6 Å². The fourth-order valence-electron chi connectivity index (χ4n) is 3.07. The molecule has 0 aliphatic carbocycles. The third kappa shape index (κ3) is 2.98. The van der Waals surface area contributed by atoms with E-state index in [9.17, 15) is 4.79 Å². The van der Waals surface area contributed by atoms with Crippen LogP contribution in [0.4, 0.5) is 5.82 Å². The van der Waals surface area contributed by atoms with Crippen molar-refractivity contribution in [1.29, 1.82) is 0 Å². The van der Waals surface area contributed by atoms with Crippen molar-refractivity contribution in [2.24, 2.45) is 4.99 Å². The van der Waals surface area contributed by atoms with Gasteiger partial charge in [-0.2, -0.15) is 0 Å². The first kappa shape index (κ1) is 18.4. The van der Waals surface area contributed by atoms with E-state index in [1.54, 1.807) is 21.3 Å². The van der Waals surface area contributed by atoms with Gasteiger partial charge in [-0.25, -0.2) is 4.99 Å². The molecule has 2 aromatic rings. The van der Waals surface area contributed by atoms with Crippen LogP contribution in [0.15, 0.2) is 21.9 Å². The van der Waals surface area contributed by atoms with Gasteiger partial charge in [0.2, 0.25) is 5.75 Å². The number of ether oxygens (including phenoxy) is 3. The molecule has 140 valence electrons. The number of H-pyrrole nitrogens is 1. The summed E-state index contributed by atoms with van der Waals surface area (Å²) >= 11 is 1.54. The van der Waals surface area contributed by atoms with E-state index < -0.39 is 0 Å². The lowest BCUT2D eigenvalue weighted by Gasteiger charge is -2.23. The average molecular weight is 377 g/mol. The highest BCUT2D eigenvalue weighted by Crippen LogP contribution is 2.48. The quantitative estimate of drug-likeness (QED) is 0.860. The Morgan fingerprint density at radius 2 is 1.77 bits per heavy atom. The minimum Gasteiger partial charge on any atom is -0.493 e. The molecular weight excluding hydrogens is 354 g/mol. The Bertz CT molecular complexity index is 889. The van der Waals surface area contributed by atoms with Gasteiger partial charge in [0.1, 0.15) is 0 Å².